The van der Waals surface area contributed by atoms with E-state index in [1.165, 1.54) is 6.42 Å². The van der Waals surface area contributed by atoms with Gasteiger partial charge in [0.2, 0.25) is 0 Å². The minimum atomic E-state index is 0.187. The minimum absolute atomic E-state index is 0.187. The predicted molar refractivity (Wildman–Crippen MR) is 65.8 cm³/mol. The average Bonchev–Trinajstić information content (AvgIpc) is 2.40. The normalized spacial score (nSPS) is 26.1. The molecule has 2 amide bonds. The molecule has 0 radical (unpaired) electrons. The van der Waals surface area contributed by atoms with Crippen LogP contribution in [0.1, 0.15) is 25.7 Å². The number of ether oxygens (including phenoxy) is 1. The van der Waals surface area contributed by atoms with Crippen molar-refractivity contribution in [1.29, 1.82) is 0 Å². The zero-order valence-corrected chi connectivity index (χ0v) is 10.4. The first kappa shape index (κ1) is 12.6. The summed E-state index contributed by atoms with van der Waals surface area (Å²) in [5.41, 5.74) is 5.63. The molecule has 2 N–H and O–H groups in total. The highest BCUT2D eigenvalue weighted by Crippen LogP contribution is 2.21. The lowest BCUT2D eigenvalue weighted by Crippen LogP contribution is -2.53. The largest absolute Gasteiger partial charge is 0.378 e. The monoisotopic (exact) mass is 241 g/mol. The summed E-state index contributed by atoms with van der Waals surface area (Å²) < 4.78 is 5.28. The fraction of sp³-hybridized carbons (Fsp3) is 0.917. The lowest BCUT2D eigenvalue weighted by atomic mass is 10.00. The van der Waals surface area contributed by atoms with Gasteiger partial charge < -0.3 is 20.3 Å². The highest BCUT2D eigenvalue weighted by molar-refractivity contribution is 5.75. The summed E-state index contributed by atoms with van der Waals surface area (Å²) in [5.74, 6) is 0. The molecule has 2 aliphatic heterocycles. The maximum absolute atomic E-state index is 12.4. The molecule has 5 nitrogen and oxygen atoms in total. The van der Waals surface area contributed by atoms with E-state index in [2.05, 4.69) is 0 Å². The van der Waals surface area contributed by atoms with Gasteiger partial charge in [-0.05, 0) is 32.2 Å². The summed E-state index contributed by atoms with van der Waals surface area (Å²) in [5, 5.41) is 0. The number of carbonyl (C=O) groups is 1. The Bertz CT molecular complexity index is 252. The first-order valence-electron chi connectivity index (χ1n) is 6.66. The van der Waals surface area contributed by atoms with Crippen LogP contribution in [0.5, 0.6) is 0 Å². The van der Waals surface area contributed by atoms with Crippen LogP contribution in [-0.2, 0) is 4.74 Å². The molecule has 0 spiro atoms. The molecular weight excluding hydrogens is 218 g/mol. The van der Waals surface area contributed by atoms with Crippen LogP contribution in [0.3, 0.4) is 0 Å². The fourth-order valence-corrected chi connectivity index (χ4v) is 2.68. The van der Waals surface area contributed by atoms with Crippen LogP contribution in [0.15, 0.2) is 0 Å². The number of hydrogen-bond donors (Lipinski definition) is 1. The van der Waals surface area contributed by atoms with Gasteiger partial charge >= 0.3 is 6.03 Å². The van der Waals surface area contributed by atoms with Crippen LogP contribution in [-0.4, -0.2) is 61.3 Å². The van der Waals surface area contributed by atoms with E-state index in [0.717, 1.165) is 38.9 Å². The molecule has 2 aliphatic rings. The Labute approximate surface area is 103 Å². The summed E-state index contributed by atoms with van der Waals surface area (Å²) in [6, 6.07) is 0.538. The first-order valence-corrected chi connectivity index (χ1v) is 6.66. The molecule has 0 aliphatic carbocycles. The molecule has 0 saturated carbocycles. The Hall–Kier alpha value is -0.810. The average molecular weight is 241 g/mol. The highest BCUT2D eigenvalue weighted by Gasteiger charge is 2.29. The van der Waals surface area contributed by atoms with E-state index < -0.39 is 0 Å². The van der Waals surface area contributed by atoms with Crippen LogP contribution < -0.4 is 5.73 Å². The number of piperidine rings is 1. The lowest BCUT2D eigenvalue weighted by molar-refractivity contribution is 0.0352. The van der Waals surface area contributed by atoms with Gasteiger partial charge in [-0.15, -0.1) is 0 Å². The van der Waals surface area contributed by atoms with Gasteiger partial charge in [-0.2, -0.15) is 0 Å². The van der Waals surface area contributed by atoms with Crippen molar-refractivity contribution in [2.75, 3.05) is 39.4 Å². The lowest BCUT2D eigenvalue weighted by Gasteiger charge is -2.40. The zero-order valence-electron chi connectivity index (χ0n) is 10.4. The van der Waals surface area contributed by atoms with Crippen LogP contribution in [0.4, 0.5) is 4.79 Å². The molecule has 2 saturated heterocycles. The second-order valence-corrected chi connectivity index (χ2v) is 4.80. The predicted octanol–water partition coefficient (Wildman–Crippen LogP) is 0.642. The standard InChI is InChI=1S/C12H23N3O2/c13-5-4-11-3-1-2-6-15(11)12(16)14-7-9-17-10-8-14/h11H,1-10,13H2. The molecule has 2 heterocycles. The van der Waals surface area contributed by atoms with E-state index in [-0.39, 0.29) is 6.03 Å². The highest BCUT2D eigenvalue weighted by atomic mass is 16.5. The molecule has 1 atom stereocenters. The van der Waals surface area contributed by atoms with Crippen molar-refractivity contribution in [3.05, 3.63) is 0 Å². The SMILES string of the molecule is NCCC1CCCCN1C(=O)N1CCOCC1. The van der Waals surface area contributed by atoms with Crippen LogP contribution in [0.25, 0.3) is 0 Å². The Morgan fingerprint density at radius 1 is 1.24 bits per heavy atom. The van der Waals surface area contributed by atoms with Gasteiger partial charge in [-0.1, -0.05) is 0 Å². The molecular formula is C12H23N3O2. The van der Waals surface area contributed by atoms with Crippen molar-refractivity contribution in [3.63, 3.8) is 0 Å². The quantitative estimate of drug-likeness (QED) is 0.772. The van der Waals surface area contributed by atoms with Crippen LogP contribution in [0, 0.1) is 0 Å². The van der Waals surface area contributed by atoms with Crippen molar-refractivity contribution < 1.29 is 9.53 Å². The third kappa shape index (κ3) is 3.10. The summed E-state index contributed by atoms with van der Waals surface area (Å²) >= 11 is 0. The maximum atomic E-state index is 12.4. The van der Waals surface area contributed by atoms with Gasteiger partial charge in [0.05, 0.1) is 13.2 Å². The zero-order chi connectivity index (χ0) is 12.1. The summed E-state index contributed by atoms with van der Waals surface area (Å²) in [6.45, 7) is 4.34. The number of nitrogens with zero attached hydrogens (tertiary/aromatic N) is 2. The van der Waals surface area contributed by atoms with E-state index in [0.29, 0.717) is 25.8 Å². The number of urea groups is 1. The molecule has 2 rings (SSSR count). The topological polar surface area (TPSA) is 58.8 Å². The van der Waals surface area contributed by atoms with Gasteiger partial charge in [0.1, 0.15) is 0 Å². The molecule has 98 valence electrons. The number of amides is 2. The molecule has 0 aromatic heterocycles. The number of hydrogen-bond acceptors (Lipinski definition) is 3. The van der Waals surface area contributed by atoms with Crippen LogP contribution in [0.2, 0.25) is 0 Å². The van der Waals surface area contributed by atoms with Crippen molar-refractivity contribution >= 4 is 6.03 Å². The molecule has 0 bridgehead atoms. The molecule has 2 fully saturated rings. The van der Waals surface area contributed by atoms with Gasteiger partial charge in [-0.3, -0.25) is 0 Å². The summed E-state index contributed by atoms with van der Waals surface area (Å²) in [7, 11) is 0. The van der Waals surface area contributed by atoms with Crippen molar-refractivity contribution in [2.24, 2.45) is 5.73 Å². The van der Waals surface area contributed by atoms with Crippen molar-refractivity contribution in [1.82, 2.24) is 9.80 Å². The molecule has 5 heteroatoms. The van der Waals surface area contributed by atoms with Gasteiger partial charge in [0, 0.05) is 25.7 Å². The minimum Gasteiger partial charge on any atom is -0.378 e. The van der Waals surface area contributed by atoms with Gasteiger partial charge in [0.25, 0.3) is 0 Å². The van der Waals surface area contributed by atoms with Gasteiger partial charge in [-0.25, -0.2) is 4.79 Å². The molecule has 17 heavy (non-hydrogen) atoms. The molecule has 0 aromatic rings. The smallest absolute Gasteiger partial charge is 0.320 e. The Kier molecular flexibility index (Phi) is 4.62. The van der Waals surface area contributed by atoms with E-state index in [1.54, 1.807) is 0 Å². The Balaban J connectivity index is 1.94. The van der Waals surface area contributed by atoms with Crippen molar-refractivity contribution in [2.45, 2.75) is 31.7 Å². The number of nitrogens with two attached hydrogens (primary N) is 1. The number of likely N-dealkylation sites (tertiary alicyclic amines) is 1. The summed E-state index contributed by atoms with van der Waals surface area (Å²) in [6.07, 6.45) is 4.37. The third-order valence-corrected chi connectivity index (χ3v) is 3.65. The number of morpholine rings is 1. The van der Waals surface area contributed by atoms with Gasteiger partial charge in [0.15, 0.2) is 0 Å². The fourth-order valence-electron chi connectivity index (χ4n) is 2.68. The maximum Gasteiger partial charge on any atom is 0.320 e. The summed E-state index contributed by atoms with van der Waals surface area (Å²) in [4.78, 5) is 16.3. The molecule has 0 aromatic carbocycles. The van der Waals surface area contributed by atoms with E-state index in [1.807, 2.05) is 9.80 Å². The third-order valence-electron chi connectivity index (χ3n) is 3.65. The Morgan fingerprint density at radius 3 is 2.71 bits per heavy atom. The van der Waals surface area contributed by atoms with E-state index in [9.17, 15) is 4.79 Å². The first-order chi connectivity index (χ1) is 8.33. The molecule has 1 unspecified atom stereocenters. The Morgan fingerprint density at radius 2 is 2.00 bits per heavy atom. The van der Waals surface area contributed by atoms with E-state index in [4.69, 9.17) is 10.5 Å². The number of rotatable bonds is 2. The van der Waals surface area contributed by atoms with E-state index >= 15 is 0 Å². The number of carbonyl (C=O) groups excluding carboxylic acids is 1. The second-order valence-electron chi connectivity index (χ2n) is 4.80. The second kappa shape index (κ2) is 6.21. The van der Waals surface area contributed by atoms with Crippen molar-refractivity contribution in [3.8, 4) is 0 Å². The van der Waals surface area contributed by atoms with Crippen LogP contribution >= 0.6 is 0 Å².